The molecule has 1 aliphatic rings. The molecule has 1 aliphatic heterocycles. The van der Waals surface area contributed by atoms with Crippen LogP contribution in [-0.4, -0.2) is 69.3 Å². The summed E-state index contributed by atoms with van der Waals surface area (Å²) in [6, 6.07) is 6.85. The summed E-state index contributed by atoms with van der Waals surface area (Å²) in [6.45, 7) is -0.108. The number of aliphatic hydroxyl groups excluding tert-OH is 4. The molecule has 1 amide bonds. The highest BCUT2D eigenvalue weighted by Crippen LogP contribution is 2.33. The minimum atomic E-state index is -1.42. The second kappa shape index (κ2) is 11.2. The molecule has 10 nitrogen and oxygen atoms in total. The van der Waals surface area contributed by atoms with E-state index in [0.717, 1.165) is 16.7 Å². The first kappa shape index (κ1) is 22.4. The van der Waals surface area contributed by atoms with E-state index in [1.807, 2.05) is 0 Å². The lowest BCUT2D eigenvalue weighted by molar-refractivity contribution is -0.205. The number of hydrogen-bond acceptors (Lipinski definition) is 8. The van der Waals surface area contributed by atoms with Crippen molar-refractivity contribution in [2.75, 3.05) is 18.5 Å². The smallest absolute Gasteiger partial charge is 0.224 e. The molecule has 154 valence electrons. The number of benzene rings is 1. The quantitative estimate of drug-likeness (QED) is 0.174. The maximum atomic E-state index is 11.9. The lowest BCUT2D eigenvalue weighted by Crippen LogP contribution is -2.57. The molecule has 0 spiro atoms. The van der Waals surface area contributed by atoms with E-state index in [4.69, 9.17) is 10.3 Å². The van der Waals surface area contributed by atoms with Gasteiger partial charge in [-0.2, -0.15) is 0 Å². The van der Waals surface area contributed by atoms with Crippen LogP contribution in [0, 0.1) is 0 Å². The van der Waals surface area contributed by atoms with Gasteiger partial charge in [-0.15, -0.1) is 0 Å². The number of ether oxygens (including phenoxy) is 1. The summed E-state index contributed by atoms with van der Waals surface area (Å²) in [5.74, 6) is -0.143. The topological polar surface area (TPSA) is 168 Å². The molecule has 2 rings (SSSR count). The van der Waals surface area contributed by atoms with Crippen LogP contribution in [0.4, 0.5) is 5.69 Å². The monoisotopic (exact) mass is 412 g/mol. The average Bonchev–Trinajstić information content (AvgIpc) is 2.69. The second-order valence-electron chi connectivity index (χ2n) is 6.30. The van der Waals surface area contributed by atoms with Gasteiger partial charge in [-0.1, -0.05) is 16.9 Å². The Kier molecular flexibility index (Phi) is 9.00. The van der Waals surface area contributed by atoms with Gasteiger partial charge < -0.3 is 30.5 Å². The molecule has 1 aromatic carbocycles. The third kappa shape index (κ3) is 6.35. The average molecular weight is 412 g/mol. The minimum absolute atomic E-state index is 0.143. The molecular weight excluding hydrogens is 388 g/mol. The van der Waals surface area contributed by atoms with Crippen LogP contribution in [0.2, 0.25) is 0 Å². The van der Waals surface area contributed by atoms with Crippen molar-refractivity contribution in [3.05, 3.63) is 34.7 Å². The van der Waals surface area contributed by atoms with Crippen LogP contribution >= 0.6 is 11.8 Å². The fourth-order valence-electron chi connectivity index (χ4n) is 2.65. The highest BCUT2D eigenvalue weighted by Gasteiger charge is 2.43. The number of nitrogens with one attached hydrogen (secondary N) is 1. The Labute approximate surface area is 166 Å². The van der Waals surface area contributed by atoms with Gasteiger partial charge >= 0.3 is 0 Å². The Bertz CT molecular complexity index is 683. The Morgan fingerprint density at radius 2 is 1.89 bits per heavy atom. The summed E-state index contributed by atoms with van der Waals surface area (Å²) < 4.78 is 5.45. The number of unbranched alkanes of at least 4 members (excludes halogenated alkanes) is 1. The van der Waals surface area contributed by atoms with Crippen molar-refractivity contribution < 1.29 is 30.0 Å². The number of aliphatic hydroxyl groups is 4. The molecule has 28 heavy (non-hydrogen) atoms. The van der Waals surface area contributed by atoms with Crippen molar-refractivity contribution in [1.82, 2.24) is 0 Å². The second-order valence-corrected chi connectivity index (χ2v) is 7.47. The molecule has 11 heteroatoms. The summed E-state index contributed by atoms with van der Waals surface area (Å²) >= 11 is 1.14. The lowest BCUT2D eigenvalue weighted by Gasteiger charge is -2.39. The maximum absolute atomic E-state index is 11.9. The highest BCUT2D eigenvalue weighted by molar-refractivity contribution is 7.99. The first-order chi connectivity index (χ1) is 13.5. The van der Waals surface area contributed by atoms with Crippen molar-refractivity contribution in [3.63, 3.8) is 0 Å². The number of hydrogen-bond donors (Lipinski definition) is 5. The van der Waals surface area contributed by atoms with E-state index in [9.17, 15) is 25.2 Å². The molecule has 0 radical (unpaired) electrons. The van der Waals surface area contributed by atoms with Crippen LogP contribution in [0.5, 0.6) is 0 Å². The van der Waals surface area contributed by atoms with E-state index in [-0.39, 0.29) is 5.91 Å². The van der Waals surface area contributed by atoms with Crippen LogP contribution < -0.4 is 5.32 Å². The van der Waals surface area contributed by atoms with Crippen LogP contribution in [0.1, 0.15) is 19.3 Å². The first-order valence-corrected chi connectivity index (χ1v) is 9.72. The van der Waals surface area contributed by atoms with Crippen LogP contribution in [0.25, 0.3) is 10.4 Å². The van der Waals surface area contributed by atoms with Gasteiger partial charge in [-0.05, 0) is 42.6 Å². The molecule has 1 fully saturated rings. The van der Waals surface area contributed by atoms with Gasteiger partial charge in [0.05, 0.1) is 6.61 Å². The van der Waals surface area contributed by atoms with E-state index < -0.39 is 36.5 Å². The number of azide groups is 1. The Hall–Kier alpha value is -1.85. The molecule has 0 bridgehead atoms. The molecule has 0 unspecified atom stereocenters. The number of anilines is 1. The van der Waals surface area contributed by atoms with E-state index in [1.165, 1.54) is 0 Å². The zero-order valence-corrected chi connectivity index (χ0v) is 15.9. The number of carbonyl (C=O) groups excluding carboxylic acids is 1. The fourth-order valence-corrected chi connectivity index (χ4v) is 3.71. The van der Waals surface area contributed by atoms with Gasteiger partial charge in [0.15, 0.2) is 0 Å². The Morgan fingerprint density at radius 3 is 2.54 bits per heavy atom. The van der Waals surface area contributed by atoms with Crippen molar-refractivity contribution in [2.24, 2.45) is 5.11 Å². The molecule has 1 heterocycles. The van der Waals surface area contributed by atoms with Gasteiger partial charge in [0.2, 0.25) is 5.91 Å². The number of amides is 1. The maximum Gasteiger partial charge on any atom is 0.224 e. The highest BCUT2D eigenvalue weighted by atomic mass is 32.2. The number of carbonyl (C=O) groups is 1. The largest absolute Gasteiger partial charge is 0.394 e. The molecule has 0 aliphatic carbocycles. The van der Waals surface area contributed by atoms with E-state index in [2.05, 4.69) is 15.3 Å². The first-order valence-electron chi connectivity index (χ1n) is 8.84. The molecule has 0 saturated carbocycles. The Morgan fingerprint density at radius 1 is 1.18 bits per heavy atom. The van der Waals surface area contributed by atoms with Gasteiger partial charge in [0, 0.05) is 28.5 Å². The van der Waals surface area contributed by atoms with Gasteiger partial charge in [-0.3, -0.25) is 4.79 Å². The third-order valence-electron chi connectivity index (χ3n) is 4.21. The summed E-state index contributed by atoms with van der Waals surface area (Å²) in [7, 11) is 0. The zero-order chi connectivity index (χ0) is 20.5. The number of thioether (sulfide) groups is 1. The third-order valence-corrected chi connectivity index (χ3v) is 5.38. The van der Waals surface area contributed by atoms with Gasteiger partial charge in [-0.25, -0.2) is 0 Å². The van der Waals surface area contributed by atoms with Gasteiger partial charge in [0.25, 0.3) is 0 Å². The van der Waals surface area contributed by atoms with Crippen molar-refractivity contribution in [2.45, 2.75) is 54.0 Å². The van der Waals surface area contributed by atoms with Crippen LogP contribution in [0.3, 0.4) is 0 Å². The summed E-state index contributed by atoms with van der Waals surface area (Å²) in [6.07, 6.45) is -3.48. The van der Waals surface area contributed by atoms with E-state index in [0.29, 0.717) is 31.5 Å². The molecular formula is C17H24N4O6S. The fraction of sp³-hybridized carbons (Fsp3) is 0.588. The standard InChI is InChI=1S/C17H24N4O6S/c18-21-19-8-2-1-3-13(23)20-10-4-6-11(7-5-10)28-17-16(26)15(25)14(24)12(9-22)27-17/h4-7,12,14-17,22,24-26H,1-3,8-9H2,(H,20,23)/t12-,14+,15+,16-,17+/m1/s1. The summed E-state index contributed by atoms with van der Waals surface area (Å²) in [5, 5.41) is 45.1. The minimum Gasteiger partial charge on any atom is -0.394 e. The van der Waals surface area contributed by atoms with Crippen molar-refractivity contribution >= 4 is 23.4 Å². The van der Waals surface area contributed by atoms with Crippen molar-refractivity contribution in [3.8, 4) is 0 Å². The van der Waals surface area contributed by atoms with Crippen LogP contribution in [0.15, 0.2) is 34.3 Å². The van der Waals surface area contributed by atoms with Gasteiger partial charge in [0.1, 0.15) is 29.9 Å². The normalized spacial score (nSPS) is 27.1. The van der Waals surface area contributed by atoms with Crippen molar-refractivity contribution in [1.29, 1.82) is 0 Å². The molecule has 5 N–H and O–H groups in total. The predicted octanol–water partition coefficient (Wildman–Crippen LogP) is 0.998. The van der Waals surface area contributed by atoms with E-state index in [1.54, 1.807) is 24.3 Å². The predicted molar refractivity (Wildman–Crippen MR) is 103 cm³/mol. The Balaban J connectivity index is 1.85. The molecule has 1 aromatic rings. The molecule has 0 aromatic heterocycles. The zero-order valence-electron chi connectivity index (χ0n) is 15.1. The molecule has 5 atom stereocenters. The van der Waals surface area contributed by atoms with Crippen LogP contribution in [-0.2, 0) is 9.53 Å². The summed E-state index contributed by atoms with van der Waals surface area (Å²) in [5.41, 5.74) is 7.94. The summed E-state index contributed by atoms with van der Waals surface area (Å²) in [4.78, 5) is 15.2. The number of nitrogens with zero attached hydrogens (tertiary/aromatic N) is 3. The van der Waals surface area contributed by atoms with E-state index >= 15 is 0 Å². The number of rotatable bonds is 9. The lowest BCUT2D eigenvalue weighted by atomic mass is 10.0. The molecule has 1 saturated heterocycles. The SMILES string of the molecule is [N-]=[N+]=NCCCCC(=O)Nc1ccc(S[C@@H]2O[C@H](CO)[C@H](O)[C@H](O)[C@H]2O)cc1.